The van der Waals surface area contributed by atoms with E-state index in [-0.39, 0.29) is 6.04 Å². The highest BCUT2D eigenvalue weighted by Crippen LogP contribution is 2.28. The molecule has 1 aromatic heterocycles. The van der Waals surface area contributed by atoms with E-state index >= 15 is 0 Å². The average molecular weight is 342 g/mol. The van der Waals surface area contributed by atoms with Crippen LogP contribution < -0.4 is 10.5 Å². The molecule has 0 spiro atoms. The van der Waals surface area contributed by atoms with Gasteiger partial charge in [-0.25, -0.2) is 0 Å². The predicted octanol–water partition coefficient (Wildman–Crippen LogP) is 3.75. The Bertz CT molecular complexity index is 560. The summed E-state index contributed by atoms with van der Waals surface area (Å²) in [6.45, 7) is 0. The minimum absolute atomic E-state index is 0.206. The van der Waals surface area contributed by atoms with Gasteiger partial charge in [0.25, 0.3) is 0 Å². The summed E-state index contributed by atoms with van der Waals surface area (Å²) >= 11 is 9.37. The van der Waals surface area contributed by atoms with Gasteiger partial charge in [-0.1, -0.05) is 11.6 Å². The van der Waals surface area contributed by atoms with Gasteiger partial charge in [0.2, 0.25) is 0 Å². The molecular formula is C14H14BrClN2O. The number of rotatable bonds is 4. The highest BCUT2D eigenvalue weighted by atomic mass is 79.9. The lowest BCUT2D eigenvalue weighted by Gasteiger charge is -2.15. The molecule has 5 heteroatoms. The molecule has 100 valence electrons. The van der Waals surface area contributed by atoms with Gasteiger partial charge in [-0.15, -0.1) is 0 Å². The van der Waals surface area contributed by atoms with Crippen LogP contribution in [-0.4, -0.2) is 12.1 Å². The Morgan fingerprint density at radius 1 is 1.37 bits per heavy atom. The van der Waals surface area contributed by atoms with Gasteiger partial charge >= 0.3 is 0 Å². The van der Waals surface area contributed by atoms with Gasteiger partial charge in [-0.3, -0.25) is 4.98 Å². The third-order valence-corrected chi connectivity index (χ3v) is 3.51. The van der Waals surface area contributed by atoms with Crippen LogP contribution in [0.25, 0.3) is 0 Å². The first-order chi connectivity index (χ1) is 9.10. The van der Waals surface area contributed by atoms with Crippen LogP contribution >= 0.6 is 27.5 Å². The Kier molecular flexibility index (Phi) is 4.80. The number of nitrogens with two attached hydrogens (primary N) is 1. The number of hydrogen-bond donors (Lipinski definition) is 1. The van der Waals surface area contributed by atoms with Crippen LogP contribution in [0.4, 0.5) is 0 Å². The van der Waals surface area contributed by atoms with E-state index < -0.39 is 0 Å². The molecule has 3 nitrogen and oxygen atoms in total. The van der Waals surface area contributed by atoms with Gasteiger partial charge in [0.05, 0.1) is 7.11 Å². The van der Waals surface area contributed by atoms with Crippen molar-refractivity contribution in [1.82, 2.24) is 4.98 Å². The molecule has 1 atom stereocenters. The van der Waals surface area contributed by atoms with Crippen LogP contribution in [0, 0.1) is 0 Å². The smallest absolute Gasteiger partial charge is 0.123 e. The van der Waals surface area contributed by atoms with E-state index in [0.717, 1.165) is 21.5 Å². The fourth-order valence-electron chi connectivity index (χ4n) is 1.86. The van der Waals surface area contributed by atoms with E-state index in [1.807, 2.05) is 24.3 Å². The van der Waals surface area contributed by atoms with Crippen LogP contribution in [0.1, 0.15) is 17.3 Å². The van der Waals surface area contributed by atoms with Crippen LogP contribution in [0.5, 0.6) is 5.75 Å². The highest BCUT2D eigenvalue weighted by Gasteiger charge is 2.13. The number of methoxy groups -OCH3 is 1. The summed E-state index contributed by atoms with van der Waals surface area (Å²) in [5.41, 5.74) is 8.04. The average Bonchev–Trinajstić information content (AvgIpc) is 2.41. The second kappa shape index (κ2) is 6.37. The summed E-state index contributed by atoms with van der Waals surface area (Å²) in [7, 11) is 1.62. The van der Waals surface area contributed by atoms with E-state index in [0.29, 0.717) is 11.4 Å². The molecule has 0 aliphatic carbocycles. The SMILES string of the molecule is COc1ccc(Cl)cc1C(N)Cc1ccc(Br)cn1. The van der Waals surface area contributed by atoms with Crippen molar-refractivity contribution in [2.24, 2.45) is 5.73 Å². The highest BCUT2D eigenvalue weighted by molar-refractivity contribution is 9.10. The summed E-state index contributed by atoms with van der Waals surface area (Å²) in [5.74, 6) is 0.744. The maximum Gasteiger partial charge on any atom is 0.123 e. The molecule has 1 aromatic carbocycles. The summed E-state index contributed by atoms with van der Waals surface area (Å²) in [6, 6.07) is 9.14. The topological polar surface area (TPSA) is 48.1 Å². The summed E-state index contributed by atoms with van der Waals surface area (Å²) in [6.07, 6.45) is 2.39. The number of halogens is 2. The zero-order valence-corrected chi connectivity index (χ0v) is 12.8. The first kappa shape index (κ1) is 14.3. The molecular weight excluding hydrogens is 328 g/mol. The molecule has 2 rings (SSSR count). The molecule has 0 fully saturated rings. The molecule has 2 aromatic rings. The maximum absolute atomic E-state index is 6.22. The second-order valence-corrected chi connectivity index (χ2v) is 5.52. The maximum atomic E-state index is 6.22. The van der Waals surface area contributed by atoms with Crippen molar-refractivity contribution in [2.45, 2.75) is 12.5 Å². The summed E-state index contributed by atoms with van der Waals surface area (Å²) < 4.78 is 6.26. The van der Waals surface area contributed by atoms with Crippen LogP contribution in [0.2, 0.25) is 5.02 Å². The third kappa shape index (κ3) is 3.69. The van der Waals surface area contributed by atoms with Gasteiger partial charge in [0.15, 0.2) is 0 Å². The Balaban J connectivity index is 2.21. The second-order valence-electron chi connectivity index (χ2n) is 4.16. The van der Waals surface area contributed by atoms with Crippen molar-refractivity contribution in [3.05, 3.63) is 57.3 Å². The number of pyridine rings is 1. The lowest BCUT2D eigenvalue weighted by atomic mass is 10.0. The van der Waals surface area contributed by atoms with Crippen molar-refractivity contribution >= 4 is 27.5 Å². The minimum Gasteiger partial charge on any atom is -0.496 e. The van der Waals surface area contributed by atoms with Crippen LogP contribution in [0.15, 0.2) is 41.0 Å². The van der Waals surface area contributed by atoms with Gasteiger partial charge in [0.1, 0.15) is 5.75 Å². The van der Waals surface area contributed by atoms with Gasteiger partial charge in [-0.05, 0) is 46.3 Å². The summed E-state index contributed by atoms with van der Waals surface area (Å²) in [4.78, 5) is 4.32. The van der Waals surface area contributed by atoms with Gasteiger partial charge in [0, 0.05) is 39.4 Å². The first-order valence-corrected chi connectivity index (χ1v) is 6.96. The Labute approximate surface area is 125 Å². The van der Waals surface area contributed by atoms with Gasteiger partial charge < -0.3 is 10.5 Å². The van der Waals surface area contributed by atoms with Gasteiger partial charge in [-0.2, -0.15) is 0 Å². The monoisotopic (exact) mass is 340 g/mol. The van der Waals surface area contributed by atoms with Crippen molar-refractivity contribution in [2.75, 3.05) is 7.11 Å². The number of benzene rings is 1. The zero-order chi connectivity index (χ0) is 13.8. The van der Waals surface area contributed by atoms with E-state index in [1.165, 1.54) is 0 Å². The molecule has 0 bridgehead atoms. The predicted molar refractivity (Wildman–Crippen MR) is 80.6 cm³/mol. The standard InChI is InChI=1S/C14H14BrClN2O/c1-19-14-5-3-10(16)6-12(14)13(17)7-11-4-2-9(15)8-18-11/h2-6,8,13H,7,17H2,1H3. The Morgan fingerprint density at radius 2 is 2.16 bits per heavy atom. The molecule has 0 amide bonds. The lowest BCUT2D eigenvalue weighted by Crippen LogP contribution is -2.15. The summed E-state index contributed by atoms with van der Waals surface area (Å²) in [5, 5.41) is 0.648. The number of nitrogens with zero attached hydrogens (tertiary/aromatic N) is 1. The van der Waals surface area contributed by atoms with E-state index in [4.69, 9.17) is 22.1 Å². The minimum atomic E-state index is -0.206. The number of ether oxygens (including phenoxy) is 1. The third-order valence-electron chi connectivity index (χ3n) is 2.81. The van der Waals surface area contributed by atoms with Crippen LogP contribution in [-0.2, 0) is 6.42 Å². The Hall–Kier alpha value is -1.10. The fraction of sp³-hybridized carbons (Fsp3) is 0.214. The van der Waals surface area contributed by atoms with E-state index in [1.54, 1.807) is 19.4 Å². The number of hydrogen-bond acceptors (Lipinski definition) is 3. The molecule has 0 radical (unpaired) electrons. The molecule has 1 heterocycles. The van der Waals surface area contributed by atoms with E-state index in [9.17, 15) is 0 Å². The molecule has 0 saturated carbocycles. The first-order valence-electron chi connectivity index (χ1n) is 5.79. The molecule has 0 aliphatic heterocycles. The molecule has 0 aliphatic rings. The zero-order valence-electron chi connectivity index (χ0n) is 10.4. The molecule has 1 unspecified atom stereocenters. The molecule has 0 saturated heterocycles. The normalized spacial score (nSPS) is 12.2. The number of aromatic nitrogens is 1. The fourth-order valence-corrected chi connectivity index (χ4v) is 2.27. The quantitative estimate of drug-likeness (QED) is 0.921. The molecule has 19 heavy (non-hydrogen) atoms. The van der Waals surface area contributed by atoms with E-state index in [2.05, 4.69) is 20.9 Å². The van der Waals surface area contributed by atoms with Crippen molar-refractivity contribution in [3.8, 4) is 5.75 Å². The lowest BCUT2D eigenvalue weighted by molar-refractivity contribution is 0.405. The largest absolute Gasteiger partial charge is 0.496 e. The van der Waals surface area contributed by atoms with Crippen molar-refractivity contribution < 1.29 is 4.74 Å². The van der Waals surface area contributed by atoms with Crippen LogP contribution in [0.3, 0.4) is 0 Å². The van der Waals surface area contributed by atoms with Crippen molar-refractivity contribution in [3.63, 3.8) is 0 Å². The van der Waals surface area contributed by atoms with Crippen molar-refractivity contribution in [1.29, 1.82) is 0 Å². The molecule has 2 N–H and O–H groups in total. The Morgan fingerprint density at radius 3 is 2.79 bits per heavy atom.